The number of halogens is 1. The molecule has 1 aliphatic rings. The standard InChI is InChI=1S/C16H13N2.ClH.2H2O.Pt/c1-3-10-17-15(8-1)13-6-5-7-14(12-13)16-9-2-4-11-18-16;;;;/h1-11H,12H2;1H;2*1H2;/q-1;;;;+2/p-1. The van der Waals surface area contributed by atoms with Gasteiger partial charge < -0.3 is 11.0 Å². The van der Waals surface area contributed by atoms with Crippen LogP contribution < -0.4 is 0 Å². The summed E-state index contributed by atoms with van der Waals surface area (Å²) in [5.41, 5.74) is 3.31. The first-order valence-electron chi connectivity index (χ1n) is 6.11. The fourth-order valence-electron chi connectivity index (χ4n) is 2.06. The second-order valence-corrected chi connectivity index (χ2v) is 4.18. The average Bonchev–Trinajstić information content (AvgIpc) is 2.58. The van der Waals surface area contributed by atoms with Crippen molar-refractivity contribution in [2.45, 2.75) is 6.42 Å². The van der Waals surface area contributed by atoms with Crippen molar-refractivity contribution in [2.24, 2.45) is 0 Å². The van der Waals surface area contributed by atoms with E-state index in [-0.39, 0.29) is 11.0 Å². The van der Waals surface area contributed by atoms with Gasteiger partial charge in [-0.25, -0.2) is 0 Å². The van der Waals surface area contributed by atoms with Crippen molar-refractivity contribution < 1.29 is 29.7 Å². The molecule has 0 aromatic carbocycles. The number of allylic oxidation sites excluding steroid dienone is 4. The molecule has 2 aromatic heterocycles. The zero-order valence-corrected chi connectivity index (χ0v) is 14.7. The van der Waals surface area contributed by atoms with E-state index in [0.29, 0.717) is 0 Å². The zero-order valence-electron chi connectivity index (χ0n) is 11.6. The Hall–Kier alpha value is -1.45. The van der Waals surface area contributed by atoms with Gasteiger partial charge in [0.15, 0.2) is 0 Å². The predicted molar refractivity (Wildman–Crippen MR) is 85.6 cm³/mol. The molecule has 0 fully saturated rings. The van der Waals surface area contributed by atoms with E-state index in [2.05, 4.69) is 37.6 Å². The molecule has 3 rings (SSSR count). The molecule has 0 saturated heterocycles. The van der Waals surface area contributed by atoms with Gasteiger partial charge in [-0.05, 0) is 29.8 Å². The van der Waals surface area contributed by atoms with Crippen LogP contribution >= 0.6 is 9.42 Å². The third-order valence-electron chi connectivity index (χ3n) is 2.96. The van der Waals surface area contributed by atoms with Crippen molar-refractivity contribution in [1.29, 1.82) is 0 Å². The van der Waals surface area contributed by atoms with E-state index in [1.165, 1.54) is 11.5 Å². The van der Waals surface area contributed by atoms with Crippen molar-refractivity contribution in [3.63, 3.8) is 0 Å². The molecule has 0 aliphatic heterocycles. The molecule has 0 saturated carbocycles. The molecule has 6 heteroatoms. The van der Waals surface area contributed by atoms with E-state index in [9.17, 15) is 0 Å². The minimum atomic E-state index is 0. The maximum atomic E-state index is 4.61. The van der Waals surface area contributed by atoms with Crippen molar-refractivity contribution in [3.8, 4) is 0 Å². The summed E-state index contributed by atoms with van der Waals surface area (Å²) in [6.45, 7) is 0. The normalized spacial score (nSPS) is 12.1. The van der Waals surface area contributed by atoms with Gasteiger partial charge in [-0.15, -0.1) is 24.1 Å². The first kappa shape index (κ1) is 20.5. The van der Waals surface area contributed by atoms with Gasteiger partial charge in [0, 0.05) is 12.4 Å². The summed E-state index contributed by atoms with van der Waals surface area (Å²) >= 11 is 1.61. The second kappa shape index (κ2) is 11.2. The van der Waals surface area contributed by atoms with Gasteiger partial charge in [0.05, 0.1) is 5.69 Å². The number of hydrogen-bond acceptors (Lipinski definition) is 2. The third kappa shape index (κ3) is 5.39. The van der Waals surface area contributed by atoms with E-state index < -0.39 is 0 Å². The van der Waals surface area contributed by atoms with E-state index in [1.54, 1.807) is 18.8 Å². The minimum absolute atomic E-state index is 0. The van der Waals surface area contributed by atoms with Crippen molar-refractivity contribution in [1.82, 2.24) is 9.97 Å². The van der Waals surface area contributed by atoms with E-state index in [0.717, 1.165) is 17.8 Å². The van der Waals surface area contributed by atoms with Crippen LogP contribution in [-0.2, 0) is 18.8 Å². The molecule has 0 unspecified atom stereocenters. The number of hydrogen-bond donors (Lipinski definition) is 0. The predicted octanol–water partition coefficient (Wildman–Crippen LogP) is 2.48. The molecule has 2 aromatic rings. The number of rotatable bonds is 2. The summed E-state index contributed by atoms with van der Waals surface area (Å²) in [5, 5.41) is 0. The Morgan fingerprint density at radius 3 is 2.23 bits per heavy atom. The average molecular weight is 500 g/mol. The summed E-state index contributed by atoms with van der Waals surface area (Å²) in [5.74, 6) is 1.23. The molecule has 4 N–H and O–H groups in total. The van der Waals surface area contributed by atoms with Crippen LogP contribution in [0, 0.1) is 5.92 Å². The summed E-state index contributed by atoms with van der Waals surface area (Å²) in [6, 6.07) is 12.0. The Morgan fingerprint density at radius 1 is 0.955 bits per heavy atom. The van der Waals surface area contributed by atoms with Gasteiger partial charge in [0.25, 0.3) is 0 Å². The van der Waals surface area contributed by atoms with Crippen LogP contribution in [0.2, 0.25) is 0 Å². The first-order valence-corrected chi connectivity index (χ1v) is 8.93. The Morgan fingerprint density at radius 2 is 1.64 bits per heavy atom. The topological polar surface area (TPSA) is 88.8 Å². The van der Waals surface area contributed by atoms with Crippen LogP contribution in [0.3, 0.4) is 0 Å². The molecular weight excluding hydrogens is 483 g/mol. The Labute approximate surface area is 145 Å². The fourth-order valence-corrected chi connectivity index (χ4v) is 2.06. The monoisotopic (exact) mass is 499 g/mol. The first-order chi connectivity index (χ1) is 9.93. The number of pyridine rings is 2. The molecule has 0 radical (unpaired) electrons. The van der Waals surface area contributed by atoms with Gasteiger partial charge in [-0.2, -0.15) is 12.2 Å². The Bertz CT molecular complexity index is 592. The molecule has 0 bridgehead atoms. The molecule has 2 heterocycles. The van der Waals surface area contributed by atoms with Gasteiger partial charge in [0.2, 0.25) is 0 Å². The maximum absolute atomic E-state index is 4.61. The van der Waals surface area contributed by atoms with Crippen LogP contribution in [0.15, 0.2) is 67.0 Å². The number of nitrogens with zero attached hydrogens (tertiary/aromatic N) is 2. The van der Waals surface area contributed by atoms with Crippen LogP contribution in [-0.4, -0.2) is 20.9 Å². The second-order valence-electron chi connectivity index (χ2n) is 4.18. The molecular formula is C16H17ClN2O2Pt. The van der Waals surface area contributed by atoms with Crippen LogP contribution in [0.1, 0.15) is 17.8 Å². The quantitative estimate of drug-likeness (QED) is 0.594. The molecule has 22 heavy (non-hydrogen) atoms. The fraction of sp³-hybridized carbons (Fsp3) is 0.0625. The molecule has 0 atom stereocenters. The van der Waals surface area contributed by atoms with Crippen LogP contribution in [0.5, 0.6) is 0 Å². The molecule has 4 nitrogen and oxygen atoms in total. The van der Waals surface area contributed by atoms with Gasteiger partial charge in [-0.3, -0.25) is 9.97 Å². The molecule has 0 spiro atoms. The third-order valence-corrected chi connectivity index (χ3v) is 2.96. The van der Waals surface area contributed by atoms with Gasteiger partial charge in [0.1, 0.15) is 0 Å². The number of aromatic nitrogens is 2. The molecule has 1 aliphatic carbocycles. The SMILES string of the molecule is C1=C[C-](c2ccccn2)CC(c2ccccn2)=C1.O.O.[Cl][Pt+]. The Balaban J connectivity index is 0.00000106. The van der Waals surface area contributed by atoms with Gasteiger partial charge in [-0.1, -0.05) is 12.1 Å². The summed E-state index contributed by atoms with van der Waals surface area (Å²) < 4.78 is 0. The summed E-state index contributed by atoms with van der Waals surface area (Å²) in [6.07, 6.45) is 10.8. The van der Waals surface area contributed by atoms with Gasteiger partial charge >= 0.3 is 28.2 Å². The zero-order chi connectivity index (χ0) is 14.2. The van der Waals surface area contributed by atoms with Crippen LogP contribution in [0.4, 0.5) is 0 Å². The Kier molecular flexibility index (Phi) is 10.4. The summed E-state index contributed by atoms with van der Waals surface area (Å²) in [7, 11) is 4.61. The summed E-state index contributed by atoms with van der Waals surface area (Å²) in [4.78, 5) is 8.79. The molecule has 0 amide bonds. The van der Waals surface area contributed by atoms with Crippen LogP contribution in [0.25, 0.3) is 5.57 Å². The van der Waals surface area contributed by atoms with E-state index >= 15 is 0 Å². The molecule has 120 valence electrons. The van der Waals surface area contributed by atoms with E-state index in [4.69, 9.17) is 0 Å². The van der Waals surface area contributed by atoms with Crippen molar-refractivity contribution >= 4 is 15.0 Å². The van der Waals surface area contributed by atoms with Crippen molar-refractivity contribution in [3.05, 3.63) is 84.3 Å². The van der Waals surface area contributed by atoms with E-state index in [1.807, 2.05) is 48.8 Å². The van der Waals surface area contributed by atoms with Crippen molar-refractivity contribution in [2.75, 3.05) is 0 Å².